The average Bonchev–Trinajstić information content (AvgIpc) is 2.68. The lowest BCUT2D eigenvalue weighted by atomic mass is 10.2. The Morgan fingerprint density at radius 1 is 0.885 bits per heavy atom. The highest BCUT2D eigenvalue weighted by Gasteiger charge is 2.25. The normalized spacial score (nSPS) is 14.9. The van der Waals surface area contributed by atoms with E-state index >= 15 is 0 Å². The van der Waals surface area contributed by atoms with Crippen molar-refractivity contribution in [3.8, 4) is 0 Å². The van der Waals surface area contributed by atoms with Gasteiger partial charge in [0.2, 0.25) is 0 Å². The zero-order valence-electron chi connectivity index (χ0n) is 14.5. The van der Waals surface area contributed by atoms with Gasteiger partial charge in [-0.3, -0.25) is 14.5 Å². The van der Waals surface area contributed by atoms with Crippen LogP contribution in [0, 0.1) is 5.82 Å². The lowest BCUT2D eigenvalue weighted by Gasteiger charge is -2.34. The van der Waals surface area contributed by atoms with Crippen molar-refractivity contribution in [3.05, 3.63) is 71.5 Å². The fourth-order valence-corrected chi connectivity index (χ4v) is 2.95. The molecule has 0 unspecified atom stereocenters. The summed E-state index contributed by atoms with van der Waals surface area (Å²) in [6.07, 6.45) is 0. The molecule has 1 aliphatic heterocycles. The molecule has 2 aromatic rings. The van der Waals surface area contributed by atoms with Crippen molar-refractivity contribution in [1.82, 2.24) is 15.1 Å². The third-order valence-electron chi connectivity index (χ3n) is 4.47. The molecule has 1 fully saturated rings. The van der Waals surface area contributed by atoms with Crippen LogP contribution in [0.2, 0.25) is 0 Å². The van der Waals surface area contributed by atoms with E-state index in [4.69, 9.17) is 0 Å². The van der Waals surface area contributed by atoms with Gasteiger partial charge in [0, 0.05) is 39.3 Å². The number of halogens is 1. The highest BCUT2D eigenvalue weighted by molar-refractivity contribution is 6.35. The summed E-state index contributed by atoms with van der Waals surface area (Å²) >= 11 is 0. The molecule has 0 saturated carbocycles. The molecule has 0 aliphatic carbocycles. The van der Waals surface area contributed by atoms with Gasteiger partial charge in [-0.25, -0.2) is 4.39 Å². The standard InChI is InChI=1S/C20H22FN3O2/c21-18-8-6-16(7-9-18)14-22-19(25)20(26)24-12-10-23(11-13-24)15-17-4-2-1-3-5-17/h1-9H,10-15H2,(H,22,25). The maximum atomic E-state index is 12.9. The van der Waals surface area contributed by atoms with E-state index in [0.717, 1.165) is 25.2 Å². The number of amides is 2. The molecule has 0 spiro atoms. The zero-order chi connectivity index (χ0) is 18.4. The lowest BCUT2D eigenvalue weighted by molar-refractivity contribution is -0.147. The topological polar surface area (TPSA) is 52.7 Å². The first-order valence-corrected chi connectivity index (χ1v) is 8.69. The zero-order valence-corrected chi connectivity index (χ0v) is 14.5. The molecule has 136 valence electrons. The van der Waals surface area contributed by atoms with E-state index in [1.165, 1.54) is 17.7 Å². The maximum Gasteiger partial charge on any atom is 0.311 e. The van der Waals surface area contributed by atoms with E-state index < -0.39 is 11.8 Å². The van der Waals surface area contributed by atoms with Gasteiger partial charge in [0.15, 0.2) is 0 Å². The van der Waals surface area contributed by atoms with Crippen molar-refractivity contribution in [1.29, 1.82) is 0 Å². The Balaban J connectivity index is 1.44. The van der Waals surface area contributed by atoms with Crippen LogP contribution in [0.25, 0.3) is 0 Å². The quantitative estimate of drug-likeness (QED) is 0.851. The van der Waals surface area contributed by atoms with Crippen molar-refractivity contribution >= 4 is 11.8 Å². The van der Waals surface area contributed by atoms with E-state index in [0.29, 0.717) is 13.1 Å². The van der Waals surface area contributed by atoms with Crippen LogP contribution in [-0.4, -0.2) is 47.8 Å². The van der Waals surface area contributed by atoms with Crippen molar-refractivity contribution in [3.63, 3.8) is 0 Å². The molecule has 2 aromatic carbocycles. The Kier molecular flexibility index (Phi) is 5.96. The Morgan fingerprint density at radius 2 is 1.54 bits per heavy atom. The van der Waals surface area contributed by atoms with Gasteiger partial charge in [0.1, 0.15) is 5.82 Å². The molecule has 1 saturated heterocycles. The Labute approximate surface area is 152 Å². The molecule has 0 radical (unpaired) electrons. The monoisotopic (exact) mass is 355 g/mol. The Morgan fingerprint density at radius 3 is 2.19 bits per heavy atom. The SMILES string of the molecule is O=C(NCc1ccc(F)cc1)C(=O)N1CCN(Cc2ccccc2)CC1. The summed E-state index contributed by atoms with van der Waals surface area (Å²) in [6.45, 7) is 3.61. The lowest BCUT2D eigenvalue weighted by Crippen LogP contribution is -2.52. The van der Waals surface area contributed by atoms with Crippen molar-refractivity contribution in [2.75, 3.05) is 26.2 Å². The molecule has 1 aliphatic rings. The minimum absolute atomic E-state index is 0.207. The number of carbonyl (C=O) groups is 2. The fraction of sp³-hybridized carbons (Fsp3) is 0.300. The van der Waals surface area contributed by atoms with Crippen LogP contribution in [0.15, 0.2) is 54.6 Å². The number of nitrogens with zero attached hydrogens (tertiary/aromatic N) is 2. The number of nitrogens with one attached hydrogen (secondary N) is 1. The molecular weight excluding hydrogens is 333 g/mol. The van der Waals surface area contributed by atoms with E-state index in [1.807, 2.05) is 18.2 Å². The van der Waals surface area contributed by atoms with Crippen LogP contribution < -0.4 is 5.32 Å². The molecule has 5 nitrogen and oxygen atoms in total. The number of hydrogen-bond acceptors (Lipinski definition) is 3. The first-order chi connectivity index (χ1) is 12.6. The van der Waals surface area contributed by atoms with Crippen molar-refractivity contribution in [2.45, 2.75) is 13.1 Å². The molecule has 1 N–H and O–H groups in total. The summed E-state index contributed by atoms with van der Waals surface area (Å²) in [5, 5.41) is 2.60. The Hall–Kier alpha value is -2.73. The summed E-state index contributed by atoms with van der Waals surface area (Å²) < 4.78 is 12.9. The third kappa shape index (κ3) is 4.89. The van der Waals surface area contributed by atoms with E-state index in [2.05, 4.69) is 22.3 Å². The van der Waals surface area contributed by atoms with Crippen LogP contribution in [0.3, 0.4) is 0 Å². The van der Waals surface area contributed by atoms with Crippen molar-refractivity contribution < 1.29 is 14.0 Å². The number of carbonyl (C=O) groups excluding carboxylic acids is 2. The minimum atomic E-state index is -0.620. The summed E-state index contributed by atoms with van der Waals surface area (Å²) in [6, 6.07) is 16.0. The first-order valence-electron chi connectivity index (χ1n) is 8.69. The molecule has 6 heteroatoms. The number of piperazine rings is 1. The molecule has 0 bridgehead atoms. The van der Waals surface area contributed by atoms with Gasteiger partial charge in [0.25, 0.3) is 0 Å². The first kappa shape index (κ1) is 18.1. The number of rotatable bonds is 4. The van der Waals surface area contributed by atoms with Crippen molar-refractivity contribution in [2.24, 2.45) is 0 Å². The average molecular weight is 355 g/mol. The summed E-state index contributed by atoms with van der Waals surface area (Å²) in [7, 11) is 0. The smallest absolute Gasteiger partial charge is 0.311 e. The summed E-state index contributed by atoms with van der Waals surface area (Å²) in [5.74, 6) is -1.46. The predicted molar refractivity (Wildman–Crippen MR) is 96.5 cm³/mol. The molecule has 3 rings (SSSR count). The van der Waals surface area contributed by atoms with Gasteiger partial charge in [-0.15, -0.1) is 0 Å². The van der Waals surface area contributed by atoms with Gasteiger partial charge < -0.3 is 10.2 Å². The van der Waals surface area contributed by atoms with Crippen LogP contribution in [-0.2, 0) is 22.7 Å². The van der Waals surface area contributed by atoms with E-state index in [-0.39, 0.29) is 12.4 Å². The molecule has 26 heavy (non-hydrogen) atoms. The van der Waals surface area contributed by atoms with E-state index in [1.54, 1.807) is 17.0 Å². The van der Waals surface area contributed by atoms with Gasteiger partial charge >= 0.3 is 11.8 Å². The second-order valence-electron chi connectivity index (χ2n) is 6.36. The second-order valence-corrected chi connectivity index (χ2v) is 6.36. The predicted octanol–water partition coefficient (Wildman–Crippen LogP) is 1.79. The Bertz CT molecular complexity index is 741. The molecule has 0 atom stereocenters. The van der Waals surface area contributed by atoms with Gasteiger partial charge in [-0.1, -0.05) is 42.5 Å². The maximum absolute atomic E-state index is 12.9. The molecule has 2 amide bonds. The van der Waals surface area contributed by atoms with Crippen LogP contribution in [0.1, 0.15) is 11.1 Å². The fourth-order valence-electron chi connectivity index (χ4n) is 2.95. The number of benzene rings is 2. The van der Waals surface area contributed by atoms with Gasteiger partial charge in [-0.2, -0.15) is 0 Å². The molecular formula is C20H22FN3O2. The highest BCUT2D eigenvalue weighted by atomic mass is 19.1. The van der Waals surface area contributed by atoms with Crippen LogP contribution in [0.5, 0.6) is 0 Å². The van der Waals surface area contributed by atoms with Gasteiger partial charge in [0.05, 0.1) is 0 Å². The van der Waals surface area contributed by atoms with E-state index in [9.17, 15) is 14.0 Å². The summed E-state index contributed by atoms with van der Waals surface area (Å²) in [5.41, 5.74) is 1.99. The number of hydrogen-bond donors (Lipinski definition) is 1. The van der Waals surface area contributed by atoms with Crippen LogP contribution >= 0.6 is 0 Å². The molecule has 1 heterocycles. The summed E-state index contributed by atoms with van der Waals surface area (Å²) in [4.78, 5) is 28.2. The highest BCUT2D eigenvalue weighted by Crippen LogP contribution is 2.09. The van der Waals surface area contributed by atoms with Gasteiger partial charge in [-0.05, 0) is 23.3 Å². The second kappa shape index (κ2) is 8.58. The third-order valence-corrected chi connectivity index (χ3v) is 4.47. The van der Waals surface area contributed by atoms with Crippen LogP contribution in [0.4, 0.5) is 4.39 Å². The minimum Gasteiger partial charge on any atom is -0.344 e. The molecule has 0 aromatic heterocycles. The largest absolute Gasteiger partial charge is 0.344 e.